The number of nitrogen functional groups attached to an aromatic ring is 1. The molecule has 68 valence electrons. The molecule has 13 heavy (non-hydrogen) atoms. The first-order valence-electron chi connectivity index (χ1n) is 3.35. The predicted octanol–water partition coefficient (Wildman–Crippen LogP) is 1.07. The van der Waals surface area contributed by atoms with Gasteiger partial charge in [-0.3, -0.25) is 0 Å². The van der Waals surface area contributed by atoms with E-state index < -0.39 is 22.6 Å². The van der Waals surface area contributed by atoms with E-state index in [1.807, 2.05) is 0 Å². The molecular formula is C6H7N3O3Zr. The molecule has 1 aromatic rings. The molecule has 0 saturated carbocycles. The van der Waals surface area contributed by atoms with Crippen molar-refractivity contribution in [1.29, 1.82) is 0 Å². The number of hydrogen-bond donors (Lipinski definition) is 2. The van der Waals surface area contributed by atoms with Crippen molar-refractivity contribution in [3.63, 3.8) is 0 Å². The second-order valence-corrected chi connectivity index (χ2v) is 3.85. The third-order valence-electron chi connectivity index (χ3n) is 1.20. The van der Waals surface area contributed by atoms with Crippen LogP contribution in [0.3, 0.4) is 0 Å². The summed E-state index contributed by atoms with van der Waals surface area (Å²) >= 11 is -3.86. The van der Waals surface area contributed by atoms with Gasteiger partial charge in [0.2, 0.25) is 0 Å². The number of anilines is 1. The van der Waals surface area contributed by atoms with Crippen LogP contribution in [-0.4, -0.2) is 3.18 Å². The number of nitrogens with zero attached hydrogens (tertiary/aromatic N) is 2. The number of para-hydroxylation sites is 1. The molecule has 0 amide bonds. The van der Waals surface area contributed by atoms with Crippen molar-refractivity contribution >= 4 is 11.4 Å². The molecule has 0 radical (unpaired) electrons. The second kappa shape index (κ2) is 4.94. The Bertz CT molecular complexity index is 342. The summed E-state index contributed by atoms with van der Waals surface area (Å²) in [5.41, 5.74) is 6.35. The van der Waals surface area contributed by atoms with Crippen molar-refractivity contribution < 1.29 is 31.5 Å². The van der Waals surface area contributed by atoms with E-state index in [0.717, 1.165) is 0 Å². The van der Waals surface area contributed by atoms with E-state index in [-0.39, 0.29) is 0 Å². The Morgan fingerprint density at radius 2 is 2.15 bits per heavy atom. The van der Waals surface area contributed by atoms with E-state index in [1.54, 1.807) is 24.3 Å². The van der Waals surface area contributed by atoms with Gasteiger partial charge in [-0.05, 0) is 0 Å². The van der Waals surface area contributed by atoms with Crippen molar-refractivity contribution in [3.8, 4) is 0 Å². The van der Waals surface area contributed by atoms with Crippen LogP contribution < -0.4 is 5.73 Å². The van der Waals surface area contributed by atoms with Gasteiger partial charge in [0.25, 0.3) is 0 Å². The zero-order valence-corrected chi connectivity index (χ0v) is 9.00. The van der Waals surface area contributed by atoms with Gasteiger partial charge in [0.1, 0.15) is 0 Å². The van der Waals surface area contributed by atoms with Crippen LogP contribution >= 0.6 is 0 Å². The molecule has 1 rings (SSSR count). The summed E-state index contributed by atoms with van der Waals surface area (Å²) in [6.07, 6.45) is 0. The van der Waals surface area contributed by atoms with Gasteiger partial charge < -0.3 is 0 Å². The van der Waals surface area contributed by atoms with E-state index in [2.05, 4.69) is 13.3 Å². The molecule has 0 atom stereocenters. The molecule has 0 saturated heterocycles. The van der Waals surface area contributed by atoms with E-state index >= 15 is 0 Å². The summed E-state index contributed by atoms with van der Waals surface area (Å²) in [6.45, 7) is 0. The third-order valence-corrected chi connectivity index (χ3v) is 1.79. The van der Waals surface area contributed by atoms with Crippen LogP contribution in [0, 0.1) is 0 Å². The molecule has 0 aliphatic heterocycles. The van der Waals surface area contributed by atoms with Gasteiger partial charge >= 0.3 is 83.3 Å². The SMILES string of the molecule is Nc1ccccc1N=N[O][Zr](=[O])[OH]. The topological polar surface area (TPSA) is 97.3 Å². The standard InChI is InChI=1S/C6H7N3O.H2O.O.Zr/c7-5-3-1-2-4-6(5)8-9-10;;;/h1-4H,7H2,(H,8,10);1H2;;/q;;;+2/p-2. The number of benzene rings is 1. The van der Waals surface area contributed by atoms with Gasteiger partial charge in [-0.25, -0.2) is 0 Å². The Morgan fingerprint density at radius 3 is 2.77 bits per heavy atom. The first-order chi connectivity index (χ1) is 6.20. The van der Waals surface area contributed by atoms with Crippen molar-refractivity contribution in [2.75, 3.05) is 5.73 Å². The van der Waals surface area contributed by atoms with E-state index in [4.69, 9.17) is 8.92 Å². The molecule has 0 unspecified atom stereocenters. The minimum atomic E-state index is -3.86. The summed E-state index contributed by atoms with van der Waals surface area (Å²) in [5.74, 6) is 0. The van der Waals surface area contributed by atoms with Crippen LogP contribution in [0.15, 0.2) is 34.7 Å². The Kier molecular flexibility index (Phi) is 3.85. The normalized spacial score (nSPS) is 10.2. The van der Waals surface area contributed by atoms with E-state index in [9.17, 15) is 2.81 Å². The summed E-state index contributed by atoms with van der Waals surface area (Å²) in [5, 5.41) is 6.58. The fourth-order valence-electron chi connectivity index (χ4n) is 0.678. The summed E-state index contributed by atoms with van der Waals surface area (Å²) in [7, 11) is 0. The zero-order valence-electron chi connectivity index (χ0n) is 6.54. The van der Waals surface area contributed by atoms with Crippen LogP contribution in [0.4, 0.5) is 11.4 Å². The number of rotatable bonds is 3. The molecule has 0 aliphatic carbocycles. The molecule has 0 heterocycles. The summed E-state index contributed by atoms with van der Waals surface area (Å²) < 4.78 is 22.6. The number of hydrogen-bond acceptors (Lipinski definition) is 5. The second-order valence-electron chi connectivity index (χ2n) is 2.10. The molecule has 0 bridgehead atoms. The van der Waals surface area contributed by atoms with Gasteiger partial charge in [-0.15, -0.1) is 0 Å². The summed E-state index contributed by atoms with van der Waals surface area (Å²) in [4.78, 5) is 0. The van der Waals surface area contributed by atoms with Crippen molar-refractivity contribution in [2.24, 2.45) is 10.4 Å². The van der Waals surface area contributed by atoms with Crippen LogP contribution in [0.25, 0.3) is 0 Å². The van der Waals surface area contributed by atoms with Crippen LogP contribution in [0.1, 0.15) is 0 Å². The molecule has 3 N–H and O–H groups in total. The molecule has 0 spiro atoms. The van der Waals surface area contributed by atoms with E-state index in [1.165, 1.54) is 0 Å². The van der Waals surface area contributed by atoms with Gasteiger partial charge in [0.15, 0.2) is 0 Å². The van der Waals surface area contributed by atoms with Crippen LogP contribution in [0.5, 0.6) is 0 Å². The van der Waals surface area contributed by atoms with E-state index in [0.29, 0.717) is 11.4 Å². The zero-order chi connectivity index (χ0) is 9.68. The van der Waals surface area contributed by atoms with Gasteiger partial charge in [0, 0.05) is 0 Å². The van der Waals surface area contributed by atoms with Crippen molar-refractivity contribution in [3.05, 3.63) is 24.3 Å². The Balaban J connectivity index is 2.68. The van der Waals surface area contributed by atoms with Crippen molar-refractivity contribution in [2.45, 2.75) is 0 Å². The molecule has 7 heteroatoms. The quantitative estimate of drug-likeness (QED) is 0.482. The monoisotopic (exact) mass is 259 g/mol. The molecule has 0 aliphatic rings. The van der Waals surface area contributed by atoms with Gasteiger partial charge in [-0.1, -0.05) is 0 Å². The first-order valence-corrected chi connectivity index (χ1v) is 6.46. The average Bonchev–Trinajstić information content (AvgIpc) is 2.08. The Morgan fingerprint density at radius 1 is 1.46 bits per heavy atom. The Labute approximate surface area is 83.4 Å². The van der Waals surface area contributed by atoms with Crippen LogP contribution in [0.2, 0.25) is 0 Å². The fraction of sp³-hybridized carbons (Fsp3) is 0. The summed E-state index contributed by atoms with van der Waals surface area (Å²) in [6, 6.07) is 6.73. The van der Waals surface area contributed by atoms with Gasteiger partial charge in [0.05, 0.1) is 0 Å². The first kappa shape index (κ1) is 10.1. The Hall–Kier alpha value is -0.937. The van der Waals surface area contributed by atoms with Crippen molar-refractivity contribution in [1.82, 2.24) is 0 Å². The van der Waals surface area contributed by atoms with Gasteiger partial charge in [-0.2, -0.15) is 0 Å². The maximum absolute atomic E-state index is 10.1. The maximum atomic E-state index is 10.1. The third kappa shape index (κ3) is 3.52. The minimum absolute atomic E-state index is 0.409. The molecule has 1 aromatic carbocycles. The van der Waals surface area contributed by atoms with Crippen LogP contribution in [-0.2, 0) is 28.4 Å². The number of nitrogens with two attached hydrogens (primary N) is 1. The molecule has 0 fully saturated rings. The molecule has 6 nitrogen and oxygen atoms in total. The fourth-order valence-corrected chi connectivity index (χ4v) is 0.950. The predicted molar refractivity (Wildman–Crippen MR) is 39.4 cm³/mol. The molecule has 0 aromatic heterocycles. The molecular weight excluding hydrogens is 253 g/mol. The average molecular weight is 260 g/mol.